The molecule has 8 heteroatoms. The fraction of sp³-hybridized carbons (Fsp3) is 0.333. The lowest BCUT2D eigenvalue weighted by Gasteiger charge is -2.38. The van der Waals surface area contributed by atoms with Crippen LogP contribution in [-0.2, 0) is 17.9 Å². The Morgan fingerprint density at radius 3 is 2.50 bits per heavy atom. The number of halogens is 2. The summed E-state index contributed by atoms with van der Waals surface area (Å²) < 4.78 is 14.4. The molecule has 0 radical (unpaired) electrons. The highest BCUT2D eigenvalue weighted by Crippen LogP contribution is 2.26. The van der Waals surface area contributed by atoms with Gasteiger partial charge < -0.3 is 15.1 Å². The summed E-state index contributed by atoms with van der Waals surface area (Å²) >= 11 is 5.96. The molecule has 0 aliphatic carbocycles. The first kappa shape index (κ1) is 26.2. The Hall–Kier alpha value is -3.44. The molecule has 2 atom stereocenters. The van der Waals surface area contributed by atoms with E-state index in [1.54, 1.807) is 18.2 Å². The highest BCUT2D eigenvalue weighted by atomic mass is 35.5. The fourth-order valence-electron chi connectivity index (χ4n) is 5.46. The van der Waals surface area contributed by atoms with Gasteiger partial charge in [0.05, 0.1) is 22.3 Å². The van der Waals surface area contributed by atoms with E-state index in [9.17, 15) is 14.4 Å². The van der Waals surface area contributed by atoms with Crippen LogP contribution in [0.4, 0.5) is 10.1 Å². The Morgan fingerprint density at radius 1 is 1.00 bits per heavy atom. The van der Waals surface area contributed by atoms with Gasteiger partial charge in [-0.3, -0.25) is 9.69 Å². The Balaban J connectivity index is 1.26. The normalized spacial score (nSPS) is 19.9. The van der Waals surface area contributed by atoms with Gasteiger partial charge in [0.1, 0.15) is 11.9 Å². The smallest absolute Gasteiger partial charge is 0.240 e. The Morgan fingerprint density at radius 2 is 1.74 bits per heavy atom. The molecular weight excluding hydrogens is 501 g/mol. The molecule has 2 aliphatic rings. The standard InChI is InChI=1S/C30H31ClFN5O/c31-26-11-6-10-24(29(26)32)19-34-25-17-28(37(21-25)20-22-7-2-1-3-8-22)30(38)36-15-13-35(14-16-36)27-12-5-4-9-23(27)18-33/h1-12,25,28,34H,13-17,19-21H2/t25-,28-/m0/s1. The molecule has 5 rings (SSSR count). The third kappa shape index (κ3) is 5.83. The fourth-order valence-corrected chi connectivity index (χ4v) is 5.66. The summed E-state index contributed by atoms with van der Waals surface area (Å²) in [5.41, 5.74) is 3.26. The monoisotopic (exact) mass is 531 g/mol. The zero-order chi connectivity index (χ0) is 26.5. The number of carbonyl (C=O) groups excluding carboxylic acids is 1. The number of anilines is 1. The number of nitrogens with one attached hydrogen (secondary N) is 1. The van der Waals surface area contributed by atoms with E-state index in [0.717, 1.165) is 11.3 Å². The molecule has 3 aromatic rings. The van der Waals surface area contributed by atoms with Crippen molar-refractivity contribution in [2.45, 2.75) is 31.6 Å². The second-order valence-corrected chi connectivity index (χ2v) is 10.3. The van der Waals surface area contributed by atoms with Crippen LogP contribution in [0.2, 0.25) is 5.02 Å². The molecule has 2 heterocycles. The van der Waals surface area contributed by atoms with Gasteiger partial charge in [-0.05, 0) is 30.2 Å². The maximum Gasteiger partial charge on any atom is 0.240 e. The van der Waals surface area contributed by atoms with Crippen molar-refractivity contribution >= 4 is 23.2 Å². The molecule has 0 spiro atoms. The van der Waals surface area contributed by atoms with Crippen LogP contribution >= 0.6 is 11.6 Å². The maximum atomic E-state index is 14.4. The number of rotatable bonds is 7. The minimum atomic E-state index is -0.399. The van der Waals surface area contributed by atoms with Gasteiger partial charge >= 0.3 is 0 Å². The van der Waals surface area contributed by atoms with Crippen molar-refractivity contribution in [2.24, 2.45) is 0 Å². The minimum absolute atomic E-state index is 0.0508. The topological polar surface area (TPSA) is 62.6 Å². The van der Waals surface area contributed by atoms with E-state index in [4.69, 9.17) is 11.6 Å². The van der Waals surface area contributed by atoms with Crippen LogP contribution in [0.15, 0.2) is 72.8 Å². The lowest BCUT2D eigenvalue weighted by molar-refractivity contribution is -0.136. The number of benzene rings is 3. The van der Waals surface area contributed by atoms with E-state index in [1.165, 1.54) is 0 Å². The van der Waals surface area contributed by atoms with Crippen molar-refractivity contribution in [2.75, 3.05) is 37.6 Å². The van der Waals surface area contributed by atoms with E-state index in [2.05, 4.69) is 33.3 Å². The summed E-state index contributed by atoms with van der Waals surface area (Å²) in [6, 6.07) is 24.9. The summed E-state index contributed by atoms with van der Waals surface area (Å²) in [7, 11) is 0. The molecule has 0 unspecified atom stereocenters. The number of amides is 1. The first-order valence-corrected chi connectivity index (χ1v) is 13.4. The Kier molecular flexibility index (Phi) is 8.23. The molecule has 196 valence electrons. The molecule has 2 fully saturated rings. The van der Waals surface area contributed by atoms with Crippen molar-refractivity contribution in [1.29, 1.82) is 5.26 Å². The molecule has 1 amide bonds. The number of piperazine rings is 1. The second-order valence-electron chi connectivity index (χ2n) is 9.90. The lowest BCUT2D eigenvalue weighted by atomic mass is 10.1. The summed E-state index contributed by atoms with van der Waals surface area (Å²) in [5.74, 6) is -0.267. The lowest BCUT2D eigenvalue weighted by Crippen LogP contribution is -2.53. The van der Waals surface area contributed by atoms with E-state index < -0.39 is 5.82 Å². The highest BCUT2D eigenvalue weighted by molar-refractivity contribution is 6.30. The van der Waals surface area contributed by atoms with Crippen molar-refractivity contribution in [3.05, 3.63) is 100 Å². The molecule has 2 aliphatic heterocycles. The first-order chi connectivity index (χ1) is 18.5. The summed E-state index contributed by atoms with van der Waals surface area (Å²) in [6.45, 7) is 4.32. The van der Waals surface area contributed by atoms with Crippen LogP contribution < -0.4 is 10.2 Å². The van der Waals surface area contributed by atoms with Gasteiger partial charge in [-0.15, -0.1) is 0 Å². The molecule has 38 heavy (non-hydrogen) atoms. The quantitative estimate of drug-likeness (QED) is 0.488. The van der Waals surface area contributed by atoms with Crippen LogP contribution in [0.5, 0.6) is 0 Å². The van der Waals surface area contributed by atoms with Crippen LogP contribution in [0, 0.1) is 17.1 Å². The SMILES string of the molecule is N#Cc1ccccc1N1CCN(C(=O)[C@@H]2C[C@H](NCc3cccc(Cl)c3F)CN2Cc2ccccc2)CC1. The molecule has 0 saturated carbocycles. The van der Waals surface area contributed by atoms with Gasteiger partial charge in [0, 0.05) is 57.4 Å². The summed E-state index contributed by atoms with van der Waals surface area (Å²) in [4.78, 5) is 20.2. The third-order valence-electron chi connectivity index (χ3n) is 7.49. The zero-order valence-electron chi connectivity index (χ0n) is 21.2. The number of para-hydroxylation sites is 1. The highest BCUT2D eigenvalue weighted by Gasteiger charge is 2.39. The van der Waals surface area contributed by atoms with Crippen molar-refractivity contribution < 1.29 is 9.18 Å². The molecule has 1 N–H and O–H groups in total. The average Bonchev–Trinajstić information content (AvgIpc) is 3.36. The van der Waals surface area contributed by atoms with Crippen LogP contribution in [-0.4, -0.2) is 60.5 Å². The number of nitrogens with zero attached hydrogens (tertiary/aromatic N) is 4. The number of carbonyl (C=O) groups is 1. The van der Waals surface area contributed by atoms with Crippen molar-refractivity contribution in [3.63, 3.8) is 0 Å². The van der Waals surface area contributed by atoms with Gasteiger partial charge in [0.2, 0.25) is 5.91 Å². The van der Waals surface area contributed by atoms with Gasteiger partial charge in [-0.1, -0.05) is 66.2 Å². The summed E-state index contributed by atoms with van der Waals surface area (Å²) in [6.07, 6.45) is 0.658. The van der Waals surface area contributed by atoms with Crippen LogP contribution in [0.3, 0.4) is 0 Å². The minimum Gasteiger partial charge on any atom is -0.367 e. The Labute approximate surface area is 228 Å². The number of hydrogen-bond acceptors (Lipinski definition) is 5. The molecule has 0 aromatic heterocycles. The van der Waals surface area contributed by atoms with E-state index in [1.807, 2.05) is 47.4 Å². The Bertz CT molecular complexity index is 1310. The van der Waals surface area contributed by atoms with Gasteiger partial charge in [0.15, 0.2) is 0 Å². The van der Waals surface area contributed by atoms with Crippen molar-refractivity contribution in [3.8, 4) is 6.07 Å². The van der Waals surface area contributed by atoms with Gasteiger partial charge in [-0.25, -0.2) is 4.39 Å². The number of nitriles is 1. The number of likely N-dealkylation sites (tertiary alicyclic amines) is 1. The van der Waals surface area contributed by atoms with Gasteiger partial charge in [-0.2, -0.15) is 5.26 Å². The summed E-state index contributed by atoms with van der Waals surface area (Å²) in [5, 5.41) is 13.1. The second kappa shape index (κ2) is 12.0. The zero-order valence-corrected chi connectivity index (χ0v) is 21.9. The maximum absolute atomic E-state index is 14.4. The van der Waals surface area contributed by atoms with E-state index >= 15 is 0 Å². The van der Waals surface area contributed by atoms with Crippen LogP contribution in [0.25, 0.3) is 0 Å². The molecular formula is C30H31ClFN5O. The molecule has 3 aromatic carbocycles. The van der Waals surface area contributed by atoms with Crippen LogP contribution in [0.1, 0.15) is 23.1 Å². The average molecular weight is 532 g/mol. The predicted octanol–water partition coefficient (Wildman–Crippen LogP) is 4.43. The molecule has 0 bridgehead atoms. The predicted molar refractivity (Wildman–Crippen MR) is 147 cm³/mol. The van der Waals surface area contributed by atoms with Crippen molar-refractivity contribution in [1.82, 2.24) is 15.1 Å². The van der Waals surface area contributed by atoms with E-state index in [0.29, 0.717) is 63.4 Å². The first-order valence-electron chi connectivity index (χ1n) is 13.0. The molecule has 2 saturated heterocycles. The van der Waals surface area contributed by atoms with Gasteiger partial charge in [0.25, 0.3) is 0 Å². The number of hydrogen-bond donors (Lipinski definition) is 1. The molecule has 6 nitrogen and oxygen atoms in total. The largest absolute Gasteiger partial charge is 0.367 e. The third-order valence-corrected chi connectivity index (χ3v) is 7.78. The van der Waals surface area contributed by atoms with E-state index in [-0.39, 0.29) is 23.0 Å².